The van der Waals surface area contributed by atoms with E-state index in [0.29, 0.717) is 29.5 Å². The number of halogens is 2. The molecule has 174 valence electrons. The van der Waals surface area contributed by atoms with E-state index >= 15 is 0 Å². The lowest BCUT2D eigenvalue weighted by molar-refractivity contribution is 0.00499. The van der Waals surface area contributed by atoms with Crippen molar-refractivity contribution in [3.63, 3.8) is 0 Å². The molecule has 1 fully saturated rings. The number of anilines is 1. The Morgan fingerprint density at radius 3 is 2.66 bits per heavy atom. The van der Waals surface area contributed by atoms with Crippen LogP contribution in [-0.4, -0.2) is 69.1 Å². The zero-order chi connectivity index (χ0) is 23.4. The molecule has 4 rings (SSSR count). The standard InChI is InChI=1S/C21H27ClFN5O3S/c1-7-11-8-28-12(9-27(11)20(29)31-21(3,4)5)10(2)30-18-13-15(14(23)16(22)25-18)24-19(32-6)26-17(13)28/h10-12H,7-9H2,1-6H3/t10-,11?,12-/m0/s1. The Morgan fingerprint density at radius 2 is 2.03 bits per heavy atom. The highest BCUT2D eigenvalue weighted by Crippen LogP contribution is 2.41. The normalized spacial score (nSPS) is 22.9. The van der Waals surface area contributed by atoms with Crippen LogP contribution < -0.4 is 9.64 Å². The molecule has 1 saturated heterocycles. The number of rotatable bonds is 2. The SMILES string of the molecule is CCC1CN2c3nc(SC)nc4c(F)c(Cl)nc(c34)O[C@@H](C)[C@@H]2CN1C(=O)OC(C)(C)C. The van der Waals surface area contributed by atoms with Gasteiger partial charge in [0.15, 0.2) is 16.1 Å². The number of fused-ring (bicyclic) bond motifs is 2. The molecule has 0 radical (unpaired) electrons. The van der Waals surface area contributed by atoms with Crippen molar-refractivity contribution in [3.8, 4) is 5.88 Å². The topological polar surface area (TPSA) is 80.7 Å². The first-order chi connectivity index (χ1) is 15.0. The molecule has 4 heterocycles. The molecule has 0 aliphatic carbocycles. The van der Waals surface area contributed by atoms with Crippen LogP contribution in [0.2, 0.25) is 5.15 Å². The Balaban J connectivity index is 1.83. The lowest BCUT2D eigenvalue weighted by Crippen LogP contribution is -2.63. The van der Waals surface area contributed by atoms with Crippen LogP contribution in [0.1, 0.15) is 41.0 Å². The second-order valence-electron chi connectivity index (χ2n) is 9.02. The van der Waals surface area contributed by atoms with Gasteiger partial charge in [-0.1, -0.05) is 30.3 Å². The summed E-state index contributed by atoms with van der Waals surface area (Å²) in [4.78, 5) is 30.0. The van der Waals surface area contributed by atoms with Crippen molar-refractivity contribution in [3.05, 3.63) is 11.0 Å². The summed E-state index contributed by atoms with van der Waals surface area (Å²) in [6.07, 6.45) is 1.82. The smallest absolute Gasteiger partial charge is 0.410 e. The molecule has 1 unspecified atom stereocenters. The maximum Gasteiger partial charge on any atom is 0.410 e. The van der Waals surface area contributed by atoms with E-state index in [1.807, 2.05) is 40.9 Å². The van der Waals surface area contributed by atoms with Gasteiger partial charge in [-0.2, -0.15) is 4.98 Å². The Morgan fingerprint density at radius 1 is 1.31 bits per heavy atom. The predicted octanol–water partition coefficient (Wildman–Crippen LogP) is 4.52. The largest absolute Gasteiger partial charge is 0.472 e. The van der Waals surface area contributed by atoms with Crippen molar-refractivity contribution >= 4 is 46.2 Å². The average Bonchev–Trinajstić information content (AvgIpc) is 2.84. The van der Waals surface area contributed by atoms with Crippen LogP contribution in [0.5, 0.6) is 5.88 Å². The molecule has 3 atom stereocenters. The number of amides is 1. The third-order valence-electron chi connectivity index (χ3n) is 5.70. The summed E-state index contributed by atoms with van der Waals surface area (Å²) >= 11 is 7.37. The molecule has 0 saturated carbocycles. The number of carbonyl (C=O) groups excluding carboxylic acids is 1. The van der Waals surface area contributed by atoms with Gasteiger partial charge >= 0.3 is 6.09 Å². The molecule has 8 nitrogen and oxygen atoms in total. The number of pyridine rings is 1. The van der Waals surface area contributed by atoms with Crippen molar-refractivity contribution in [2.45, 2.75) is 70.0 Å². The molecular formula is C21H27ClFN5O3S. The highest BCUT2D eigenvalue weighted by atomic mass is 35.5. The highest BCUT2D eigenvalue weighted by molar-refractivity contribution is 7.98. The number of nitrogens with zero attached hydrogens (tertiary/aromatic N) is 5. The van der Waals surface area contributed by atoms with Crippen LogP contribution in [0.15, 0.2) is 5.16 Å². The summed E-state index contributed by atoms with van der Waals surface area (Å²) in [6.45, 7) is 10.3. The van der Waals surface area contributed by atoms with Crippen molar-refractivity contribution in [2.75, 3.05) is 24.2 Å². The van der Waals surface area contributed by atoms with Gasteiger partial charge in [0.2, 0.25) is 5.88 Å². The average molecular weight is 484 g/mol. The minimum absolute atomic E-state index is 0.0878. The van der Waals surface area contributed by atoms with Crippen molar-refractivity contribution in [2.24, 2.45) is 0 Å². The molecule has 1 amide bonds. The first-order valence-electron chi connectivity index (χ1n) is 10.6. The first-order valence-corrected chi connectivity index (χ1v) is 12.2. The highest BCUT2D eigenvalue weighted by Gasteiger charge is 2.44. The summed E-state index contributed by atoms with van der Waals surface area (Å²) in [7, 11) is 0. The minimum Gasteiger partial charge on any atom is -0.472 e. The Kier molecular flexibility index (Phi) is 6.04. The minimum atomic E-state index is -0.696. The molecule has 32 heavy (non-hydrogen) atoms. The number of aromatic nitrogens is 3. The summed E-state index contributed by atoms with van der Waals surface area (Å²) in [5.74, 6) is 0.0559. The van der Waals surface area contributed by atoms with E-state index in [9.17, 15) is 9.18 Å². The summed E-state index contributed by atoms with van der Waals surface area (Å²) in [6, 6.07) is -0.350. The van der Waals surface area contributed by atoms with Gasteiger partial charge in [0.05, 0.1) is 12.1 Å². The third-order valence-corrected chi connectivity index (χ3v) is 6.50. The fraction of sp³-hybridized carbons (Fsp3) is 0.619. The first kappa shape index (κ1) is 23.1. The van der Waals surface area contributed by atoms with E-state index in [4.69, 9.17) is 26.1 Å². The number of carbonyl (C=O) groups is 1. The Bertz CT molecular complexity index is 1070. The molecule has 0 spiro atoms. The van der Waals surface area contributed by atoms with Gasteiger partial charge in [0, 0.05) is 13.1 Å². The zero-order valence-electron chi connectivity index (χ0n) is 19.0. The molecule has 2 aliphatic rings. The molecule has 0 bridgehead atoms. The summed E-state index contributed by atoms with van der Waals surface area (Å²) in [5, 5.41) is 0.535. The number of ether oxygens (including phenoxy) is 2. The maximum absolute atomic E-state index is 14.9. The van der Waals surface area contributed by atoms with Crippen LogP contribution in [0.4, 0.5) is 15.0 Å². The number of hydrogen-bond donors (Lipinski definition) is 0. The van der Waals surface area contributed by atoms with E-state index in [1.54, 1.807) is 4.90 Å². The van der Waals surface area contributed by atoms with Crippen LogP contribution in [0.3, 0.4) is 0 Å². The Hall–Kier alpha value is -2.07. The van der Waals surface area contributed by atoms with Crippen molar-refractivity contribution in [1.82, 2.24) is 19.9 Å². The van der Waals surface area contributed by atoms with Gasteiger partial charge in [-0.15, -0.1) is 0 Å². The fourth-order valence-electron chi connectivity index (χ4n) is 4.16. The molecule has 2 aromatic rings. The Labute approximate surface area is 195 Å². The predicted molar refractivity (Wildman–Crippen MR) is 122 cm³/mol. The quantitative estimate of drug-likeness (QED) is 0.350. The van der Waals surface area contributed by atoms with E-state index in [-0.39, 0.29) is 40.8 Å². The third kappa shape index (κ3) is 4.03. The lowest BCUT2D eigenvalue weighted by atomic mass is 10.0. The number of piperazine rings is 1. The molecule has 0 N–H and O–H groups in total. The maximum atomic E-state index is 14.9. The summed E-state index contributed by atoms with van der Waals surface area (Å²) < 4.78 is 26.7. The van der Waals surface area contributed by atoms with Gasteiger partial charge in [-0.25, -0.2) is 19.2 Å². The van der Waals surface area contributed by atoms with Gasteiger partial charge in [0.25, 0.3) is 0 Å². The molecule has 2 aliphatic heterocycles. The van der Waals surface area contributed by atoms with E-state index in [0.717, 1.165) is 6.42 Å². The summed E-state index contributed by atoms with van der Waals surface area (Å²) in [5.41, 5.74) is -0.511. The zero-order valence-corrected chi connectivity index (χ0v) is 20.6. The van der Waals surface area contributed by atoms with Crippen LogP contribution in [-0.2, 0) is 4.74 Å². The van der Waals surface area contributed by atoms with Crippen LogP contribution in [0.25, 0.3) is 10.9 Å². The van der Waals surface area contributed by atoms with Gasteiger partial charge in [-0.3, -0.25) is 0 Å². The second-order valence-corrected chi connectivity index (χ2v) is 10.1. The van der Waals surface area contributed by atoms with Crippen molar-refractivity contribution in [1.29, 1.82) is 0 Å². The monoisotopic (exact) mass is 483 g/mol. The lowest BCUT2D eigenvalue weighted by Gasteiger charge is -2.47. The van der Waals surface area contributed by atoms with Crippen LogP contribution in [0, 0.1) is 5.82 Å². The molecule has 11 heteroatoms. The van der Waals surface area contributed by atoms with E-state index in [1.165, 1.54) is 11.8 Å². The molecular weight excluding hydrogens is 457 g/mol. The van der Waals surface area contributed by atoms with E-state index in [2.05, 4.69) is 14.9 Å². The van der Waals surface area contributed by atoms with Crippen LogP contribution >= 0.6 is 23.4 Å². The second kappa shape index (κ2) is 8.37. The van der Waals surface area contributed by atoms with Crippen molar-refractivity contribution < 1.29 is 18.7 Å². The van der Waals surface area contributed by atoms with Gasteiger partial charge in [-0.05, 0) is 40.4 Å². The van der Waals surface area contributed by atoms with Gasteiger partial charge in [0.1, 0.15) is 28.4 Å². The number of hydrogen-bond acceptors (Lipinski definition) is 8. The molecule has 2 aromatic heterocycles. The number of thioether (sulfide) groups is 1. The molecule has 0 aromatic carbocycles. The van der Waals surface area contributed by atoms with E-state index < -0.39 is 11.4 Å². The fourth-order valence-corrected chi connectivity index (χ4v) is 4.69. The van der Waals surface area contributed by atoms with Gasteiger partial charge < -0.3 is 19.3 Å².